The van der Waals surface area contributed by atoms with E-state index in [2.05, 4.69) is 44.4 Å². The summed E-state index contributed by atoms with van der Waals surface area (Å²) in [6, 6.07) is 9.56. The van der Waals surface area contributed by atoms with Crippen LogP contribution in [-0.4, -0.2) is 95.0 Å². The van der Waals surface area contributed by atoms with E-state index in [0.717, 1.165) is 50.6 Å². The molecule has 1 saturated carbocycles. The van der Waals surface area contributed by atoms with Gasteiger partial charge in [-0.2, -0.15) is 0 Å². The Kier molecular flexibility index (Phi) is 8.27. The van der Waals surface area contributed by atoms with Crippen LogP contribution in [0.2, 0.25) is 0 Å². The normalized spacial score (nSPS) is 23.3. The molecule has 41 heavy (non-hydrogen) atoms. The number of primary amides is 1. The van der Waals surface area contributed by atoms with Gasteiger partial charge in [0.2, 0.25) is 0 Å². The highest BCUT2D eigenvalue weighted by Gasteiger charge is 2.33. The molecular formula is C31H44N8O2. The van der Waals surface area contributed by atoms with Crippen molar-refractivity contribution < 1.29 is 9.59 Å². The van der Waals surface area contributed by atoms with Gasteiger partial charge in [-0.25, -0.2) is 14.8 Å². The zero-order chi connectivity index (χ0) is 28.3. The Morgan fingerprint density at radius 2 is 1.63 bits per heavy atom. The second-order valence-corrected chi connectivity index (χ2v) is 12.3. The summed E-state index contributed by atoms with van der Waals surface area (Å²) in [5.41, 5.74) is 8.02. The Morgan fingerprint density at radius 1 is 0.902 bits per heavy atom. The second-order valence-electron chi connectivity index (χ2n) is 12.3. The molecular weight excluding hydrogens is 516 g/mol. The molecule has 10 heteroatoms. The summed E-state index contributed by atoms with van der Waals surface area (Å²) >= 11 is 0. The Morgan fingerprint density at radius 3 is 2.37 bits per heavy atom. The molecule has 4 aliphatic rings. The number of aromatic nitrogens is 2. The van der Waals surface area contributed by atoms with Crippen molar-refractivity contribution in [2.45, 2.75) is 75.8 Å². The van der Waals surface area contributed by atoms with Crippen LogP contribution in [0, 0.1) is 0 Å². The number of nitrogens with zero attached hydrogens (tertiary/aromatic N) is 6. The molecule has 3 N–H and O–H groups in total. The first-order valence-corrected chi connectivity index (χ1v) is 15.5. The molecule has 3 saturated heterocycles. The van der Waals surface area contributed by atoms with Crippen molar-refractivity contribution in [3.63, 3.8) is 0 Å². The van der Waals surface area contributed by atoms with E-state index < -0.39 is 5.91 Å². The van der Waals surface area contributed by atoms with Gasteiger partial charge in [0.25, 0.3) is 5.91 Å². The highest BCUT2D eigenvalue weighted by atomic mass is 16.2. The van der Waals surface area contributed by atoms with Gasteiger partial charge in [0.15, 0.2) is 11.5 Å². The number of urea groups is 1. The fourth-order valence-electron chi connectivity index (χ4n) is 7.29. The van der Waals surface area contributed by atoms with Gasteiger partial charge in [-0.1, -0.05) is 25.0 Å². The standard InChI is InChI=1S/C31H44N8O2/c1-36-15-5-17-39(31(36)41)26-8-4-16-38(21-26)27-20-33-28(29(32)40)30(35-27)34-24-11-9-22(10-12-24)23-13-18-37(19-14-23)25-6-2-3-7-25/h9-12,20,23,25-26H,2-8,13-19,21H2,1H3,(H2,32,40)(H,34,35)/t26-/m1/s1. The number of hydrogen-bond donors (Lipinski definition) is 2. The number of benzene rings is 1. The Labute approximate surface area is 243 Å². The van der Waals surface area contributed by atoms with E-state index >= 15 is 0 Å². The van der Waals surface area contributed by atoms with Crippen LogP contribution in [0.1, 0.15) is 79.8 Å². The van der Waals surface area contributed by atoms with Crippen molar-refractivity contribution in [2.24, 2.45) is 5.73 Å². The van der Waals surface area contributed by atoms with Crippen LogP contribution < -0.4 is 16.0 Å². The first kappa shape index (κ1) is 27.8. The van der Waals surface area contributed by atoms with Crippen LogP contribution in [0.4, 0.5) is 22.1 Å². The quantitative estimate of drug-likeness (QED) is 0.523. The molecule has 1 atom stereocenters. The van der Waals surface area contributed by atoms with Crippen LogP contribution in [0.3, 0.4) is 0 Å². The number of rotatable bonds is 7. The number of carbonyl (C=O) groups excluding carboxylic acids is 2. The number of hydrogen-bond acceptors (Lipinski definition) is 7. The summed E-state index contributed by atoms with van der Waals surface area (Å²) < 4.78 is 0. The minimum absolute atomic E-state index is 0.100. The first-order chi connectivity index (χ1) is 20.0. The minimum Gasteiger partial charge on any atom is -0.364 e. The lowest BCUT2D eigenvalue weighted by Crippen LogP contribution is -2.56. The van der Waals surface area contributed by atoms with Crippen LogP contribution in [0.15, 0.2) is 30.5 Å². The number of nitrogens with one attached hydrogen (secondary N) is 1. The van der Waals surface area contributed by atoms with Crippen molar-refractivity contribution in [2.75, 3.05) is 56.5 Å². The molecule has 1 aromatic carbocycles. The molecule has 0 unspecified atom stereocenters. The van der Waals surface area contributed by atoms with Gasteiger partial charge < -0.3 is 30.7 Å². The molecule has 220 valence electrons. The summed E-state index contributed by atoms with van der Waals surface area (Å²) in [5, 5.41) is 3.31. The third-order valence-electron chi connectivity index (χ3n) is 9.63. The van der Waals surface area contributed by atoms with Crippen molar-refractivity contribution in [1.29, 1.82) is 0 Å². The van der Waals surface area contributed by atoms with Crippen LogP contribution >= 0.6 is 0 Å². The lowest BCUT2D eigenvalue weighted by atomic mass is 9.88. The van der Waals surface area contributed by atoms with Crippen LogP contribution in [0.5, 0.6) is 0 Å². The first-order valence-electron chi connectivity index (χ1n) is 15.5. The maximum Gasteiger partial charge on any atom is 0.320 e. The van der Waals surface area contributed by atoms with E-state index in [1.165, 1.54) is 57.2 Å². The second kappa shape index (κ2) is 12.2. The Balaban J connectivity index is 1.12. The maximum absolute atomic E-state index is 12.8. The van der Waals surface area contributed by atoms with E-state index in [9.17, 15) is 9.59 Å². The van der Waals surface area contributed by atoms with Gasteiger partial charge in [-0.05, 0) is 81.6 Å². The summed E-state index contributed by atoms with van der Waals surface area (Å²) in [6.07, 6.45) is 12.5. The van der Waals surface area contributed by atoms with E-state index in [-0.39, 0.29) is 17.8 Å². The van der Waals surface area contributed by atoms with Crippen molar-refractivity contribution in [1.82, 2.24) is 24.7 Å². The van der Waals surface area contributed by atoms with Gasteiger partial charge in [0, 0.05) is 45.0 Å². The number of amides is 3. The maximum atomic E-state index is 12.8. The van der Waals surface area contributed by atoms with Gasteiger partial charge in [0.1, 0.15) is 5.82 Å². The number of piperidine rings is 2. The molecule has 0 radical (unpaired) electrons. The van der Waals surface area contributed by atoms with E-state index in [1.807, 2.05) is 11.9 Å². The van der Waals surface area contributed by atoms with Crippen molar-refractivity contribution >= 4 is 29.3 Å². The zero-order valence-corrected chi connectivity index (χ0v) is 24.3. The van der Waals surface area contributed by atoms with Gasteiger partial charge in [-0.3, -0.25) is 4.79 Å². The largest absolute Gasteiger partial charge is 0.364 e. The number of nitrogens with two attached hydrogens (primary N) is 1. The molecule has 3 aliphatic heterocycles. The predicted octanol–water partition coefficient (Wildman–Crippen LogP) is 4.17. The van der Waals surface area contributed by atoms with Crippen LogP contribution in [-0.2, 0) is 0 Å². The molecule has 6 rings (SSSR count). The molecule has 4 fully saturated rings. The molecule has 1 aromatic heterocycles. The molecule has 1 aliphatic carbocycles. The van der Waals surface area contributed by atoms with Crippen LogP contribution in [0.25, 0.3) is 0 Å². The topological polar surface area (TPSA) is 111 Å². The third kappa shape index (κ3) is 6.12. The lowest BCUT2D eigenvalue weighted by Gasteiger charge is -2.43. The van der Waals surface area contributed by atoms with E-state index in [0.29, 0.717) is 24.1 Å². The van der Waals surface area contributed by atoms with Gasteiger partial charge in [-0.15, -0.1) is 0 Å². The fraction of sp³-hybridized carbons (Fsp3) is 0.613. The highest BCUT2D eigenvalue weighted by Crippen LogP contribution is 2.33. The van der Waals surface area contributed by atoms with Gasteiger partial charge in [0.05, 0.1) is 12.2 Å². The van der Waals surface area contributed by atoms with E-state index in [4.69, 9.17) is 10.7 Å². The number of likely N-dealkylation sites (tertiary alicyclic amines) is 1. The zero-order valence-electron chi connectivity index (χ0n) is 24.3. The Bertz CT molecular complexity index is 1220. The molecule has 0 bridgehead atoms. The predicted molar refractivity (Wildman–Crippen MR) is 161 cm³/mol. The molecule has 2 aromatic rings. The monoisotopic (exact) mass is 560 g/mol. The fourth-order valence-corrected chi connectivity index (χ4v) is 7.29. The number of anilines is 3. The van der Waals surface area contributed by atoms with Gasteiger partial charge >= 0.3 is 6.03 Å². The smallest absolute Gasteiger partial charge is 0.320 e. The molecule has 3 amide bonds. The minimum atomic E-state index is -0.615. The SMILES string of the molecule is CN1CCCN([C@@H]2CCCN(c3cnc(C(N)=O)c(Nc4ccc(C5CCN(C6CCCC6)CC5)cc4)n3)C2)C1=O. The summed E-state index contributed by atoms with van der Waals surface area (Å²) in [7, 11) is 1.87. The molecule has 0 spiro atoms. The average molecular weight is 561 g/mol. The van der Waals surface area contributed by atoms with Crippen molar-refractivity contribution in [3.8, 4) is 0 Å². The average Bonchev–Trinajstić information content (AvgIpc) is 3.54. The van der Waals surface area contributed by atoms with E-state index in [1.54, 1.807) is 11.1 Å². The molecule has 10 nitrogen and oxygen atoms in total. The summed E-state index contributed by atoms with van der Waals surface area (Å²) in [5.74, 6) is 1.02. The molecule has 4 heterocycles. The summed E-state index contributed by atoms with van der Waals surface area (Å²) in [6.45, 7) is 5.50. The summed E-state index contributed by atoms with van der Waals surface area (Å²) in [4.78, 5) is 42.9. The number of carbonyl (C=O) groups is 2. The lowest BCUT2D eigenvalue weighted by molar-refractivity contribution is 0.0995. The highest BCUT2D eigenvalue weighted by molar-refractivity contribution is 5.96. The van der Waals surface area contributed by atoms with Crippen molar-refractivity contribution in [3.05, 3.63) is 41.7 Å². The Hall–Kier alpha value is -3.40. The third-order valence-corrected chi connectivity index (χ3v) is 9.63.